The summed E-state index contributed by atoms with van der Waals surface area (Å²) in [7, 11) is 0. The molecule has 1 fully saturated rings. The first-order valence-corrected chi connectivity index (χ1v) is 8.31. The van der Waals surface area contributed by atoms with Gasteiger partial charge in [-0.25, -0.2) is 0 Å². The van der Waals surface area contributed by atoms with Gasteiger partial charge in [-0.1, -0.05) is 19.9 Å². The summed E-state index contributed by atoms with van der Waals surface area (Å²) < 4.78 is 6.77. The van der Waals surface area contributed by atoms with Crippen molar-refractivity contribution in [3.63, 3.8) is 0 Å². The lowest BCUT2D eigenvalue weighted by Gasteiger charge is -2.17. The van der Waals surface area contributed by atoms with Crippen molar-refractivity contribution in [2.75, 3.05) is 6.54 Å². The van der Waals surface area contributed by atoms with Gasteiger partial charge in [0, 0.05) is 19.1 Å². The van der Waals surface area contributed by atoms with Crippen molar-refractivity contribution in [3.8, 4) is 5.75 Å². The van der Waals surface area contributed by atoms with Gasteiger partial charge in [-0.05, 0) is 52.9 Å². The van der Waals surface area contributed by atoms with Crippen LogP contribution in [0.15, 0.2) is 22.7 Å². The van der Waals surface area contributed by atoms with Crippen LogP contribution in [0.25, 0.3) is 0 Å². The second-order valence-corrected chi connectivity index (χ2v) is 6.55. The standard InChI is InChI=1S/C16H23BrN2O2/c1-11(2)19-10-12-6-7-14(13(17)9-12)21-15-5-3-4-8-18-16(15)20/h6-7,9,11,15,19H,3-5,8,10H2,1-2H3,(H,18,20). The molecule has 1 saturated heterocycles. The van der Waals surface area contributed by atoms with Crippen molar-refractivity contribution in [1.82, 2.24) is 10.6 Å². The maximum absolute atomic E-state index is 11.9. The summed E-state index contributed by atoms with van der Waals surface area (Å²) in [6.07, 6.45) is 2.42. The van der Waals surface area contributed by atoms with Crippen LogP contribution < -0.4 is 15.4 Å². The number of rotatable bonds is 5. The zero-order valence-corrected chi connectivity index (χ0v) is 14.2. The molecule has 0 aromatic heterocycles. The number of amides is 1. The van der Waals surface area contributed by atoms with E-state index in [-0.39, 0.29) is 12.0 Å². The molecular weight excluding hydrogens is 332 g/mol. The van der Waals surface area contributed by atoms with Gasteiger partial charge in [0.1, 0.15) is 5.75 Å². The first-order valence-electron chi connectivity index (χ1n) is 7.52. The van der Waals surface area contributed by atoms with E-state index < -0.39 is 0 Å². The topological polar surface area (TPSA) is 50.4 Å². The van der Waals surface area contributed by atoms with E-state index in [1.54, 1.807) is 0 Å². The van der Waals surface area contributed by atoms with Gasteiger partial charge in [-0.3, -0.25) is 4.79 Å². The Labute approximate surface area is 134 Å². The van der Waals surface area contributed by atoms with Crippen LogP contribution in [-0.2, 0) is 11.3 Å². The summed E-state index contributed by atoms with van der Waals surface area (Å²) in [5.74, 6) is 0.718. The largest absolute Gasteiger partial charge is 0.479 e. The van der Waals surface area contributed by atoms with E-state index in [2.05, 4.69) is 40.4 Å². The molecule has 1 aromatic carbocycles. The van der Waals surface area contributed by atoms with Crippen molar-refractivity contribution in [3.05, 3.63) is 28.2 Å². The fourth-order valence-corrected chi connectivity index (χ4v) is 2.77. The number of hydrogen-bond acceptors (Lipinski definition) is 3. The summed E-state index contributed by atoms with van der Waals surface area (Å²) in [6.45, 7) is 5.81. The Morgan fingerprint density at radius 3 is 2.95 bits per heavy atom. The molecule has 2 rings (SSSR count). The molecule has 5 heteroatoms. The Hall–Kier alpha value is -1.07. The van der Waals surface area contributed by atoms with Gasteiger partial charge in [0.05, 0.1) is 4.47 Å². The first kappa shape index (κ1) is 16.3. The van der Waals surface area contributed by atoms with E-state index in [9.17, 15) is 4.79 Å². The smallest absolute Gasteiger partial charge is 0.261 e. The van der Waals surface area contributed by atoms with E-state index in [0.717, 1.165) is 42.6 Å². The van der Waals surface area contributed by atoms with Gasteiger partial charge >= 0.3 is 0 Å². The Morgan fingerprint density at radius 2 is 2.24 bits per heavy atom. The highest BCUT2D eigenvalue weighted by Crippen LogP contribution is 2.28. The van der Waals surface area contributed by atoms with E-state index >= 15 is 0 Å². The van der Waals surface area contributed by atoms with Crippen molar-refractivity contribution < 1.29 is 9.53 Å². The second kappa shape index (κ2) is 7.80. The summed E-state index contributed by atoms with van der Waals surface area (Å²) in [5.41, 5.74) is 1.19. The van der Waals surface area contributed by atoms with Gasteiger partial charge in [0.15, 0.2) is 6.10 Å². The summed E-state index contributed by atoms with van der Waals surface area (Å²) in [6, 6.07) is 6.46. The molecule has 2 N–H and O–H groups in total. The van der Waals surface area contributed by atoms with E-state index in [4.69, 9.17) is 4.74 Å². The van der Waals surface area contributed by atoms with Crippen molar-refractivity contribution >= 4 is 21.8 Å². The number of ether oxygens (including phenoxy) is 1. The predicted molar refractivity (Wildman–Crippen MR) is 87.4 cm³/mol. The second-order valence-electron chi connectivity index (χ2n) is 5.69. The Kier molecular flexibility index (Phi) is 6.06. The normalized spacial score (nSPS) is 19.2. The average Bonchev–Trinajstić information content (AvgIpc) is 2.64. The molecule has 4 nitrogen and oxygen atoms in total. The third-order valence-electron chi connectivity index (χ3n) is 3.46. The number of carbonyl (C=O) groups excluding carboxylic acids is 1. The molecule has 0 radical (unpaired) electrons. The molecule has 0 saturated carbocycles. The molecule has 1 amide bonds. The minimum atomic E-state index is -0.386. The van der Waals surface area contributed by atoms with E-state index in [1.165, 1.54) is 5.56 Å². The Bertz CT molecular complexity index is 491. The number of nitrogens with one attached hydrogen (secondary N) is 2. The van der Waals surface area contributed by atoms with Crippen LogP contribution in [0.3, 0.4) is 0 Å². The lowest BCUT2D eigenvalue weighted by Crippen LogP contribution is -2.36. The van der Waals surface area contributed by atoms with Crippen LogP contribution in [0.4, 0.5) is 0 Å². The number of carbonyl (C=O) groups is 1. The van der Waals surface area contributed by atoms with Crippen LogP contribution in [0.2, 0.25) is 0 Å². The van der Waals surface area contributed by atoms with E-state index in [0.29, 0.717) is 6.04 Å². The molecule has 116 valence electrons. The van der Waals surface area contributed by atoms with Crippen LogP contribution in [0.1, 0.15) is 38.7 Å². The highest BCUT2D eigenvalue weighted by atomic mass is 79.9. The Morgan fingerprint density at radius 1 is 1.43 bits per heavy atom. The fourth-order valence-electron chi connectivity index (χ4n) is 2.25. The molecule has 1 atom stereocenters. The van der Waals surface area contributed by atoms with Gasteiger partial charge in [0.2, 0.25) is 0 Å². The zero-order valence-electron chi connectivity index (χ0n) is 12.6. The molecule has 0 spiro atoms. The molecular formula is C16H23BrN2O2. The molecule has 21 heavy (non-hydrogen) atoms. The minimum absolute atomic E-state index is 0.00930. The maximum Gasteiger partial charge on any atom is 0.261 e. The molecule has 0 bridgehead atoms. The van der Waals surface area contributed by atoms with Crippen LogP contribution in [0.5, 0.6) is 5.75 Å². The van der Waals surface area contributed by atoms with Crippen LogP contribution >= 0.6 is 15.9 Å². The molecule has 1 aromatic rings. The summed E-state index contributed by atoms with van der Waals surface area (Å²) >= 11 is 3.54. The third kappa shape index (κ3) is 5.00. The summed E-state index contributed by atoms with van der Waals surface area (Å²) in [4.78, 5) is 11.9. The van der Waals surface area contributed by atoms with Crippen molar-refractivity contribution in [1.29, 1.82) is 0 Å². The quantitative estimate of drug-likeness (QED) is 0.854. The van der Waals surface area contributed by atoms with Gasteiger partial charge < -0.3 is 15.4 Å². The monoisotopic (exact) mass is 354 g/mol. The molecule has 1 aliphatic heterocycles. The third-order valence-corrected chi connectivity index (χ3v) is 4.08. The highest BCUT2D eigenvalue weighted by molar-refractivity contribution is 9.10. The summed E-state index contributed by atoms with van der Waals surface area (Å²) in [5, 5.41) is 6.27. The number of benzene rings is 1. The molecule has 1 heterocycles. The van der Waals surface area contributed by atoms with Crippen LogP contribution in [0, 0.1) is 0 Å². The zero-order chi connectivity index (χ0) is 15.2. The maximum atomic E-state index is 11.9. The lowest BCUT2D eigenvalue weighted by molar-refractivity contribution is -0.127. The lowest BCUT2D eigenvalue weighted by atomic mass is 10.1. The SMILES string of the molecule is CC(C)NCc1ccc(OC2CCCCNC2=O)c(Br)c1. The highest BCUT2D eigenvalue weighted by Gasteiger charge is 2.23. The van der Waals surface area contributed by atoms with Crippen LogP contribution in [-0.4, -0.2) is 24.6 Å². The Balaban J connectivity index is 2.01. The fraction of sp³-hybridized carbons (Fsp3) is 0.562. The molecule has 1 unspecified atom stereocenters. The average molecular weight is 355 g/mol. The van der Waals surface area contributed by atoms with Gasteiger partial charge in [-0.2, -0.15) is 0 Å². The van der Waals surface area contributed by atoms with Crippen molar-refractivity contribution in [2.24, 2.45) is 0 Å². The number of hydrogen-bond donors (Lipinski definition) is 2. The van der Waals surface area contributed by atoms with E-state index in [1.807, 2.05) is 18.2 Å². The number of halogens is 1. The van der Waals surface area contributed by atoms with Gasteiger partial charge in [0.25, 0.3) is 5.91 Å². The molecule has 0 aliphatic carbocycles. The molecule has 1 aliphatic rings. The van der Waals surface area contributed by atoms with Gasteiger partial charge in [-0.15, -0.1) is 0 Å². The minimum Gasteiger partial charge on any atom is -0.479 e. The van der Waals surface area contributed by atoms with Crippen molar-refractivity contribution in [2.45, 2.75) is 51.8 Å². The predicted octanol–water partition coefficient (Wildman–Crippen LogP) is 2.99. The first-order chi connectivity index (χ1) is 10.1.